The number of rotatable bonds is 2. The van der Waals surface area contributed by atoms with E-state index in [4.69, 9.17) is 0 Å². The highest BCUT2D eigenvalue weighted by Gasteiger charge is 2.41. The van der Waals surface area contributed by atoms with Gasteiger partial charge in [-0.1, -0.05) is 24.3 Å². The number of amides is 2. The highest BCUT2D eigenvalue weighted by atomic mass is 16.2. The van der Waals surface area contributed by atoms with Crippen molar-refractivity contribution in [3.63, 3.8) is 0 Å². The number of aromatic nitrogens is 1. The first-order chi connectivity index (χ1) is 13.5. The average molecular weight is 375 g/mol. The van der Waals surface area contributed by atoms with E-state index >= 15 is 0 Å². The number of carbonyl (C=O) groups is 2. The molecule has 2 saturated heterocycles. The molecule has 0 unspecified atom stereocenters. The molecule has 5 rings (SSSR count). The number of para-hydroxylation sites is 1. The largest absolute Gasteiger partial charge is 0.356 e. The Balaban J connectivity index is 1.33. The lowest BCUT2D eigenvalue weighted by molar-refractivity contribution is -0.132. The summed E-state index contributed by atoms with van der Waals surface area (Å²) in [6.45, 7) is 2.28. The van der Waals surface area contributed by atoms with Crippen LogP contribution >= 0.6 is 0 Å². The molecule has 2 aromatic carbocycles. The Kier molecular flexibility index (Phi) is 3.93. The van der Waals surface area contributed by atoms with Gasteiger partial charge in [0.25, 0.3) is 0 Å². The minimum absolute atomic E-state index is 0.0791. The Morgan fingerprint density at radius 1 is 1.07 bits per heavy atom. The molecule has 3 heterocycles. The van der Waals surface area contributed by atoms with Crippen LogP contribution in [0.4, 0.5) is 0 Å². The Hall–Kier alpha value is -2.82. The van der Waals surface area contributed by atoms with Crippen LogP contribution in [0.5, 0.6) is 0 Å². The van der Waals surface area contributed by atoms with Gasteiger partial charge in [-0.25, -0.2) is 0 Å². The second-order valence-corrected chi connectivity index (χ2v) is 8.44. The van der Waals surface area contributed by atoms with Gasteiger partial charge in [0.05, 0.1) is 6.42 Å². The van der Waals surface area contributed by atoms with Crippen LogP contribution in [0.2, 0.25) is 0 Å². The lowest BCUT2D eigenvalue weighted by Crippen LogP contribution is -2.44. The zero-order valence-electron chi connectivity index (χ0n) is 16.2. The van der Waals surface area contributed by atoms with Gasteiger partial charge < -0.3 is 14.8 Å². The van der Waals surface area contributed by atoms with Gasteiger partial charge in [0.2, 0.25) is 11.8 Å². The Morgan fingerprint density at radius 2 is 1.82 bits per heavy atom. The van der Waals surface area contributed by atoms with Crippen molar-refractivity contribution in [2.45, 2.75) is 25.7 Å². The van der Waals surface area contributed by atoms with Crippen molar-refractivity contribution in [3.05, 3.63) is 48.0 Å². The summed E-state index contributed by atoms with van der Waals surface area (Å²) in [5.41, 5.74) is 3.54. The Bertz CT molecular complexity index is 1090. The number of hydrogen-bond donors (Lipinski definition) is 1. The van der Waals surface area contributed by atoms with Crippen LogP contribution in [0.15, 0.2) is 42.5 Å². The van der Waals surface area contributed by atoms with Gasteiger partial charge in [-0.15, -0.1) is 0 Å². The third-order valence-electron chi connectivity index (χ3n) is 6.71. The normalized spacial score (nSPS) is 18.9. The van der Waals surface area contributed by atoms with E-state index in [0.717, 1.165) is 38.0 Å². The van der Waals surface area contributed by atoms with Gasteiger partial charge in [0.15, 0.2) is 0 Å². The predicted molar refractivity (Wildman–Crippen MR) is 110 cm³/mol. The maximum Gasteiger partial charge on any atom is 0.226 e. The van der Waals surface area contributed by atoms with Gasteiger partial charge in [0, 0.05) is 54.9 Å². The number of aryl methyl sites for hydroxylation is 1. The standard InChI is InChI=1S/C23H25N3O2/c1-25-19-5-3-2-4-17(19)18-12-16(6-7-20(18)25)13-22(28)26-10-8-23(9-11-26)14-21(27)24-15-23/h2-7,12H,8-11,13-15H2,1H3,(H,24,27). The highest BCUT2D eigenvalue weighted by Crippen LogP contribution is 2.37. The number of nitrogens with one attached hydrogen (secondary N) is 1. The first kappa shape index (κ1) is 17.3. The van der Waals surface area contributed by atoms with Crippen molar-refractivity contribution in [1.82, 2.24) is 14.8 Å². The SMILES string of the molecule is Cn1c2ccccc2c2cc(CC(=O)N3CCC4(CC3)CNC(=O)C4)ccc21. The zero-order valence-corrected chi connectivity index (χ0v) is 16.2. The number of carbonyl (C=O) groups excluding carboxylic acids is 2. The molecule has 2 aliphatic rings. The van der Waals surface area contributed by atoms with Crippen LogP contribution in [0.1, 0.15) is 24.8 Å². The summed E-state index contributed by atoms with van der Waals surface area (Å²) < 4.78 is 2.21. The molecule has 0 atom stereocenters. The topological polar surface area (TPSA) is 54.3 Å². The molecular formula is C23H25N3O2. The quantitative estimate of drug-likeness (QED) is 0.749. The molecule has 0 radical (unpaired) electrons. The van der Waals surface area contributed by atoms with E-state index < -0.39 is 0 Å². The third kappa shape index (κ3) is 2.77. The van der Waals surface area contributed by atoms with E-state index in [0.29, 0.717) is 12.8 Å². The molecule has 144 valence electrons. The molecular weight excluding hydrogens is 350 g/mol. The van der Waals surface area contributed by atoms with Crippen LogP contribution in [-0.2, 0) is 23.1 Å². The first-order valence-electron chi connectivity index (χ1n) is 10.1. The number of benzene rings is 2. The molecule has 3 aromatic rings. The zero-order chi connectivity index (χ0) is 19.3. The molecule has 2 fully saturated rings. The van der Waals surface area contributed by atoms with Crippen molar-refractivity contribution in [3.8, 4) is 0 Å². The maximum absolute atomic E-state index is 12.9. The van der Waals surface area contributed by atoms with Crippen LogP contribution < -0.4 is 5.32 Å². The van der Waals surface area contributed by atoms with Crippen molar-refractivity contribution in [2.75, 3.05) is 19.6 Å². The van der Waals surface area contributed by atoms with Crippen molar-refractivity contribution >= 4 is 33.6 Å². The summed E-state index contributed by atoms with van der Waals surface area (Å²) in [6.07, 6.45) is 2.88. The summed E-state index contributed by atoms with van der Waals surface area (Å²) >= 11 is 0. The minimum atomic E-state index is 0.0791. The number of likely N-dealkylation sites (tertiary alicyclic amines) is 1. The molecule has 1 N–H and O–H groups in total. The molecule has 28 heavy (non-hydrogen) atoms. The van der Waals surface area contributed by atoms with Crippen molar-refractivity contribution < 1.29 is 9.59 Å². The van der Waals surface area contributed by atoms with E-state index in [1.165, 1.54) is 21.8 Å². The molecule has 2 amide bonds. The van der Waals surface area contributed by atoms with Crippen LogP contribution in [0.3, 0.4) is 0 Å². The number of hydrogen-bond acceptors (Lipinski definition) is 2. The molecule has 5 heteroatoms. The fraction of sp³-hybridized carbons (Fsp3) is 0.391. The molecule has 1 spiro atoms. The maximum atomic E-state index is 12.9. The summed E-state index contributed by atoms with van der Waals surface area (Å²) in [5.74, 6) is 0.342. The summed E-state index contributed by atoms with van der Waals surface area (Å²) in [6, 6.07) is 14.8. The van der Waals surface area contributed by atoms with Crippen LogP contribution in [-0.4, -0.2) is 40.9 Å². The van der Waals surface area contributed by atoms with Gasteiger partial charge >= 0.3 is 0 Å². The van der Waals surface area contributed by atoms with Crippen molar-refractivity contribution in [1.29, 1.82) is 0 Å². The lowest BCUT2D eigenvalue weighted by Gasteiger charge is -2.38. The van der Waals surface area contributed by atoms with E-state index in [2.05, 4.69) is 59.4 Å². The number of nitrogens with zero attached hydrogens (tertiary/aromatic N) is 2. The lowest BCUT2D eigenvalue weighted by atomic mass is 9.77. The summed E-state index contributed by atoms with van der Waals surface area (Å²) in [5, 5.41) is 5.39. The van der Waals surface area contributed by atoms with Gasteiger partial charge in [-0.3, -0.25) is 9.59 Å². The van der Waals surface area contributed by atoms with E-state index in [1.807, 2.05) is 4.90 Å². The smallest absolute Gasteiger partial charge is 0.226 e. The second-order valence-electron chi connectivity index (χ2n) is 8.44. The Labute approximate surface area is 164 Å². The van der Waals surface area contributed by atoms with Gasteiger partial charge in [-0.2, -0.15) is 0 Å². The van der Waals surface area contributed by atoms with Crippen molar-refractivity contribution in [2.24, 2.45) is 12.5 Å². The van der Waals surface area contributed by atoms with E-state index in [-0.39, 0.29) is 17.2 Å². The highest BCUT2D eigenvalue weighted by molar-refractivity contribution is 6.08. The number of fused-ring (bicyclic) bond motifs is 3. The van der Waals surface area contributed by atoms with E-state index in [9.17, 15) is 9.59 Å². The monoisotopic (exact) mass is 375 g/mol. The Morgan fingerprint density at radius 3 is 2.57 bits per heavy atom. The molecule has 5 nitrogen and oxygen atoms in total. The number of piperidine rings is 1. The molecule has 1 aromatic heterocycles. The molecule has 0 saturated carbocycles. The average Bonchev–Trinajstić information content (AvgIpc) is 3.20. The summed E-state index contributed by atoms with van der Waals surface area (Å²) in [4.78, 5) is 26.4. The predicted octanol–water partition coefficient (Wildman–Crippen LogP) is 3.00. The third-order valence-corrected chi connectivity index (χ3v) is 6.71. The first-order valence-corrected chi connectivity index (χ1v) is 10.1. The molecule has 0 aliphatic carbocycles. The van der Waals surface area contributed by atoms with Crippen LogP contribution in [0.25, 0.3) is 21.8 Å². The molecule has 2 aliphatic heterocycles. The van der Waals surface area contributed by atoms with Gasteiger partial charge in [0.1, 0.15) is 0 Å². The molecule has 0 bridgehead atoms. The van der Waals surface area contributed by atoms with E-state index in [1.54, 1.807) is 0 Å². The minimum Gasteiger partial charge on any atom is -0.356 e. The fourth-order valence-corrected chi connectivity index (χ4v) is 4.95. The fourth-order valence-electron chi connectivity index (χ4n) is 4.95. The second kappa shape index (κ2) is 6.36. The van der Waals surface area contributed by atoms with Crippen LogP contribution in [0, 0.1) is 5.41 Å². The van der Waals surface area contributed by atoms with Gasteiger partial charge in [-0.05, 0) is 42.0 Å². The summed E-state index contributed by atoms with van der Waals surface area (Å²) in [7, 11) is 2.09.